The number of hydrogen-bond acceptors (Lipinski definition) is 4. The lowest BCUT2D eigenvalue weighted by Crippen LogP contribution is -1.99. The van der Waals surface area contributed by atoms with Gasteiger partial charge in [-0.3, -0.25) is 0 Å². The van der Waals surface area contributed by atoms with E-state index in [2.05, 4.69) is 4.98 Å². The first-order valence-electron chi connectivity index (χ1n) is 5.83. The first-order valence-corrected chi connectivity index (χ1v) is 5.83. The monoisotopic (exact) mass is 244 g/mol. The van der Waals surface area contributed by atoms with E-state index in [0.29, 0.717) is 29.7 Å². The number of ether oxygens (including phenoxy) is 2. The molecule has 18 heavy (non-hydrogen) atoms. The summed E-state index contributed by atoms with van der Waals surface area (Å²) in [4.78, 5) is 4.16. The summed E-state index contributed by atoms with van der Waals surface area (Å²) in [5, 5.41) is 0. The third kappa shape index (κ3) is 2.53. The van der Waals surface area contributed by atoms with Crippen molar-refractivity contribution in [2.45, 2.75) is 13.8 Å². The highest BCUT2D eigenvalue weighted by Gasteiger charge is 2.09. The van der Waals surface area contributed by atoms with Crippen LogP contribution in [-0.2, 0) is 0 Å². The van der Waals surface area contributed by atoms with E-state index in [4.69, 9.17) is 15.2 Å². The van der Waals surface area contributed by atoms with Crippen LogP contribution in [0.4, 0.5) is 5.69 Å². The molecule has 1 aromatic carbocycles. The largest absolute Gasteiger partial charge is 0.488 e. The Morgan fingerprint density at radius 2 is 1.94 bits per heavy atom. The molecule has 0 radical (unpaired) electrons. The molecule has 0 unspecified atom stereocenters. The third-order valence-electron chi connectivity index (χ3n) is 2.53. The second-order valence-corrected chi connectivity index (χ2v) is 3.83. The van der Waals surface area contributed by atoms with E-state index in [-0.39, 0.29) is 0 Å². The van der Waals surface area contributed by atoms with Gasteiger partial charge in [-0.1, -0.05) is 12.1 Å². The zero-order chi connectivity index (χ0) is 13.0. The van der Waals surface area contributed by atoms with Crippen LogP contribution in [0.25, 0.3) is 0 Å². The molecule has 0 aliphatic carbocycles. The molecule has 0 aliphatic rings. The van der Waals surface area contributed by atoms with Crippen molar-refractivity contribution in [3.8, 4) is 17.4 Å². The summed E-state index contributed by atoms with van der Waals surface area (Å²) in [6, 6.07) is 9.26. The quantitative estimate of drug-likeness (QED) is 0.839. The summed E-state index contributed by atoms with van der Waals surface area (Å²) < 4.78 is 11.2. The highest BCUT2D eigenvalue weighted by Crippen LogP contribution is 2.33. The van der Waals surface area contributed by atoms with Crippen LogP contribution < -0.4 is 15.2 Å². The van der Waals surface area contributed by atoms with E-state index in [1.54, 1.807) is 12.3 Å². The number of nitrogens with two attached hydrogens (primary N) is 1. The van der Waals surface area contributed by atoms with Crippen LogP contribution >= 0.6 is 0 Å². The number of pyridine rings is 1. The van der Waals surface area contributed by atoms with Gasteiger partial charge in [-0.2, -0.15) is 0 Å². The normalized spacial score (nSPS) is 10.1. The van der Waals surface area contributed by atoms with Crippen molar-refractivity contribution >= 4 is 5.69 Å². The van der Waals surface area contributed by atoms with E-state index in [1.807, 2.05) is 38.1 Å². The molecule has 0 amide bonds. The van der Waals surface area contributed by atoms with Gasteiger partial charge in [0.05, 0.1) is 12.3 Å². The number of para-hydroxylation sites is 1. The number of rotatable bonds is 4. The van der Waals surface area contributed by atoms with E-state index in [1.165, 1.54) is 0 Å². The molecule has 94 valence electrons. The molecule has 0 spiro atoms. The molecule has 0 saturated heterocycles. The zero-order valence-corrected chi connectivity index (χ0v) is 10.5. The van der Waals surface area contributed by atoms with Crippen LogP contribution in [0.2, 0.25) is 0 Å². The topological polar surface area (TPSA) is 57.4 Å². The van der Waals surface area contributed by atoms with Crippen LogP contribution in [0.1, 0.15) is 12.5 Å². The molecule has 2 rings (SSSR count). The first-order chi connectivity index (χ1) is 8.72. The van der Waals surface area contributed by atoms with E-state index < -0.39 is 0 Å². The number of aromatic nitrogens is 1. The second kappa shape index (κ2) is 5.40. The summed E-state index contributed by atoms with van der Waals surface area (Å²) in [7, 11) is 0. The van der Waals surface area contributed by atoms with Crippen LogP contribution in [0, 0.1) is 6.92 Å². The van der Waals surface area contributed by atoms with Crippen LogP contribution in [-0.4, -0.2) is 11.6 Å². The first kappa shape index (κ1) is 12.2. The molecule has 4 nitrogen and oxygen atoms in total. The Balaban J connectivity index is 2.31. The van der Waals surface area contributed by atoms with Crippen molar-refractivity contribution in [1.29, 1.82) is 0 Å². The number of nitrogen functional groups attached to an aromatic ring is 1. The lowest BCUT2D eigenvalue weighted by molar-refractivity contribution is 0.316. The predicted octanol–water partition coefficient (Wildman–Crippen LogP) is 3.16. The molecule has 2 aromatic rings. The number of anilines is 1. The molecular formula is C14H16N2O2. The minimum absolute atomic E-state index is 0.427. The fourth-order valence-corrected chi connectivity index (χ4v) is 1.56. The van der Waals surface area contributed by atoms with Crippen molar-refractivity contribution in [3.63, 3.8) is 0 Å². The zero-order valence-electron chi connectivity index (χ0n) is 10.5. The van der Waals surface area contributed by atoms with Crippen molar-refractivity contribution in [2.24, 2.45) is 0 Å². The molecule has 1 heterocycles. The van der Waals surface area contributed by atoms with Crippen molar-refractivity contribution in [1.82, 2.24) is 4.98 Å². The fourth-order valence-electron chi connectivity index (χ4n) is 1.56. The molecule has 0 aliphatic heterocycles. The Labute approximate surface area is 106 Å². The number of hydrogen-bond donors (Lipinski definition) is 1. The van der Waals surface area contributed by atoms with E-state index in [0.717, 1.165) is 5.56 Å². The highest BCUT2D eigenvalue weighted by molar-refractivity contribution is 5.59. The highest BCUT2D eigenvalue weighted by atomic mass is 16.5. The maximum atomic E-state index is 5.96. The van der Waals surface area contributed by atoms with Gasteiger partial charge in [-0.05, 0) is 37.6 Å². The van der Waals surface area contributed by atoms with Crippen molar-refractivity contribution < 1.29 is 9.47 Å². The van der Waals surface area contributed by atoms with Gasteiger partial charge in [0.1, 0.15) is 0 Å². The average molecular weight is 244 g/mol. The Kier molecular flexibility index (Phi) is 3.67. The number of aryl methyl sites for hydroxylation is 1. The molecule has 4 heteroatoms. The van der Waals surface area contributed by atoms with Gasteiger partial charge in [-0.25, -0.2) is 4.98 Å². The van der Waals surface area contributed by atoms with Gasteiger partial charge < -0.3 is 15.2 Å². The summed E-state index contributed by atoms with van der Waals surface area (Å²) in [6.45, 7) is 4.41. The lowest BCUT2D eigenvalue weighted by atomic mass is 10.2. The van der Waals surface area contributed by atoms with Gasteiger partial charge in [-0.15, -0.1) is 0 Å². The van der Waals surface area contributed by atoms with Crippen LogP contribution in [0.3, 0.4) is 0 Å². The van der Waals surface area contributed by atoms with Gasteiger partial charge in [0.2, 0.25) is 0 Å². The van der Waals surface area contributed by atoms with Gasteiger partial charge in [0, 0.05) is 6.20 Å². The predicted molar refractivity (Wildman–Crippen MR) is 71.1 cm³/mol. The SMILES string of the molecule is CCOc1cccnc1Oc1cccc(C)c1N. The molecule has 1 aromatic heterocycles. The van der Waals surface area contributed by atoms with E-state index >= 15 is 0 Å². The second-order valence-electron chi connectivity index (χ2n) is 3.83. The number of benzene rings is 1. The van der Waals surface area contributed by atoms with Crippen LogP contribution in [0.5, 0.6) is 17.4 Å². The van der Waals surface area contributed by atoms with Crippen molar-refractivity contribution in [3.05, 3.63) is 42.1 Å². The minimum Gasteiger partial charge on any atom is -0.488 e. The average Bonchev–Trinajstić information content (AvgIpc) is 2.37. The Bertz CT molecular complexity index is 541. The number of nitrogens with zero attached hydrogens (tertiary/aromatic N) is 1. The molecule has 0 fully saturated rings. The standard InChI is InChI=1S/C14H16N2O2/c1-3-17-12-8-5-9-16-14(12)18-11-7-4-6-10(2)13(11)15/h4-9H,3,15H2,1-2H3. The Morgan fingerprint density at radius 1 is 1.17 bits per heavy atom. The molecule has 0 saturated carbocycles. The molecule has 0 bridgehead atoms. The van der Waals surface area contributed by atoms with Gasteiger partial charge >= 0.3 is 0 Å². The maximum absolute atomic E-state index is 5.96. The van der Waals surface area contributed by atoms with Gasteiger partial charge in [0.25, 0.3) is 5.88 Å². The lowest BCUT2D eigenvalue weighted by Gasteiger charge is -2.12. The molecule has 0 atom stereocenters. The Hall–Kier alpha value is -2.23. The summed E-state index contributed by atoms with van der Waals surface area (Å²) in [6.07, 6.45) is 1.66. The Morgan fingerprint density at radius 3 is 2.72 bits per heavy atom. The third-order valence-corrected chi connectivity index (χ3v) is 2.53. The smallest absolute Gasteiger partial charge is 0.262 e. The summed E-state index contributed by atoms with van der Waals surface area (Å²) in [5.74, 6) is 1.63. The maximum Gasteiger partial charge on any atom is 0.262 e. The van der Waals surface area contributed by atoms with Gasteiger partial charge in [0.15, 0.2) is 11.5 Å². The fraction of sp³-hybridized carbons (Fsp3) is 0.214. The summed E-state index contributed by atoms with van der Waals surface area (Å²) in [5.41, 5.74) is 7.55. The summed E-state index contributed by atoms with van der Waals surface area (Å²) >= 11 is 0. The van der Waals surface area contributed by atoms with E-state index in [9.17, 15) is 0 Å². The molecule has 2 N–H and O–H groups in total. The minimum atomic E-state index is 0.427. The van der Waals surface area contributed by atoms with Crippen LogP contribution in [0.15, 0.2) is 36.5 Å². The molecular weight excluding hydrogens is 228 g/mol. The van der Waals surface area contributed by atoms with Crippen molar-refractivity contribution in [2.75, 3.05) is 12.3 Å².